The van der Waals surface area contributed by atoms with Crippen LogP contribution >= 0.6 is 0 Å². The van der Waals surface area contributed by atoms with E-state index >= 15 is 0 Å². The summed E-state index contributed by atoms with van der Waals surface area (Å²) in [6, 6.07) is 0. The summed E-state index contributed by atoms with van der Waals surface area (Å²) in [5.41, 5.74) is 3.07. The van der Waals surface area contributed by atoms with Crippen LogP contribution in [0.1, 0.15) is 23.9 Å². The third kappa shape index (κ3) is 2.05. The molecular weight excluding hydrogens is 164 g/mol. The van der Waals surface area contributed by atoms with Crippen molar-refractivity contribution in [3.05, 3.63) is 23.0 Å². The molecule has 13 heavy (non-hydrogen) atoms. The third-order valence-electron chi connectivity index (χ3n) is 2.05. The van der Waals surface area contributed by atoms with E-state index in [-0.39, 0.29) is 5.78 Å². The minimum atomic E-state index is 0.0580. The zero-order valence-electron chi connectivity index (χ0n) is 8.46. The summed E-state index contributed by atoms with van der Waals surface area (Å²) in [4.78, 5) is 10.7. The van der Waals surface area contributed by atoms with E-state index in [4.69, 9.17) is 0 Å². The molecule has 0 bridgehead atoms. The Kier molecular flexibility index (Phi) is 2.66. The van der Waals surface area contributed by atoms with Crippen LogP contribution in [0.3, 0.4) is 0 Å². The number of ketones is 1. The number of aromatic nitrogens is 2. The van der Waals surface area contributed by atoms with Gasteiger partial charge in [0, 0.05) is 18.3 Å². The van der Waals surface area contributed by atoms with E-state index in [1.54, 1.807) is 6.08 Å². The van der Waals surface area contributed by atoms with Crippen molar-refractivity contribution in [2.24, 2.45) is 7.05 Å². The van der Waals surface area contributed by atoms with E-state index in [1.807, 2.05) is 31.7 Å². The minimum Gasteiger partial charge on any atom is -0.295 e. The summed E-state index contributed by atoms with van der Waals surface area (Å²) in [6.45, 7) is 5.46. The number of hydrogen-bond acceptors (Lipinski definition) is 2. The average Bonchev–Trinajstić information content (AvgIpc) is 2.24. The molecule has 0 aliphatic rings. The van der Waals surface area contributed by atoms with E-state index in [0.29, 0.717) is 0 Å². The lowest BCUT2D eigenvalue weighted by molar-refractivity contribution is -0.112. The van der Waals surface area contributed by atoms with E-state index < -0.39 is 0 Å². The lowest BCUT2D eigenvalue weighted by Gasteiger charge is -1.93. The summed E-state index contributed by atoms with van der Waals surface area (Å²) >= 11 is 0. The molecule has 0 atom stereocenters. The number of carbonyl (C=O) groups excluding carboxylic acids is 1. The smallest absolute Gasteiger partial charge is 0.152 e. The van der Waals surface area contributed by atoms with Crippen molar-refractivity contribution in [1.29, 1.82) is 0 Å². The Labute approximate surface area is 78.1 Å². The molecule has 0 aliphatic heterocycles. The van der Waals surface area contributed by atoms with Gasteiger partial charge in [0.25, 0.3) is 0 Å². The molecule has 0 aliphatic carbocycles. The Morgan fingerprint density at radius 3 is 2.46 bits per heavy atom. The molecule has 0 spiro atoms. The normalized spacial score (nSPS) is 11.1. The minimum absolute atomic E-state index is 0.0580. The molecule has 0 amide bonds. The van der Waals surface area contributed by atoms with Crippen LogP contribution in [0.4, 0.5) is 0 Å². The molecule has 0 saturated heterocycles. The highest BCUT2D eigenvalue weighted by atomic mass is 16.1. The molecular formula is C10H14N2O. The number of carbonyl (C=O) groups is 1. The fraction of sp³-hybridized carbons (Fsp3) is 0.400. The van der Waals surface area contributed by atoms with Crippen molar-refractivity contribution in [3.63, 3.8) is 0 Å². The monoisotopic (exact) mass is 178 g/mol. The number of hydrogen-bond donors (Lipinski definition) is 0. The topological polar surface area (TPSA) is 34.9 Å². The molecule has 0 N–H and O–H groups in total. The molecule has 0 radical (unpaired) electrons. The van der Waals surface area contributed by atoms with Crippen LogP contribution in [-0.2, 0) is 11.8 Å². The number of rotatable bonds is 2. The fourth-order valence-corrected chi connectivity index (χ4v) is 1.23. The first-order valence-electron chi connectivity index (χ1n) is 4.21. The molecule has 0 saturated carbocycles. The molecule has 3 heteroatoms. The molecule has 0 unspecified atom stereocenters. The van der Waals surface area contributed by atoms with Crippen molar-refractivity contribution in [2.45, 2.75) is 20.8 Å². The maximum absolute atomic E-state index is 10.7. The third-order valence-corrected chi connectivity index (χ3v) is 2.05. The zero-order valence-corrected chi connectivity index (χ0v) is 8.46. The first kappa shape index (κ1) is 9.71. The SMILES string of the molecule is CC(=O)/C=C/c1c(C)nn(C)c1C. The lowest BCUT2D eigenvalue weighted by Crippen LogP contribution is -1.92. The van der Waals surface area contributed by atoms with Gasteiger partial charge in [0.2, 0.25) is 0 Å². The molecule has 1 aromatic heterocycles. The zero-order chi connectivity index (χ0) is 10.0. The van der Waals surface area contributed by atoms with Gasteiger partial charge in [-0.15, -0.1) is 0 Å². The van der Waals surface area contributed by atoms with E-state index in [2.05, 4.69) is 5.10 Å². The average molecular weight is 178 g/mol. The summed E-state index contributed by atoms with van der Waals surface area (Å²) in [5, 5.41) is 4.24. The number of aryl methyl sites for hydroxylation is 2. The highest BCUT2D eigenvalue weighted by molar-refractivity contribution is 5.91. The van der Waals surface area contributed by atoms with E-state index in [9.17, 15) is 4.79 Å². The molecule has 0 fully saturated rings. The molecule has 1 aromatic rings. The maximum atomic E-state index is 10.7. The Morgan fingerprint density at radius 2 is 2.08 bits per heavy atom. The predicted octanol–water partition coefficient (Wildman–Crippen LogP) is 1.64. The Morgan fingerprint density at radius 1 is 1.46 bits per heavy atom. The van der Waals surface area contributed by atoms with Crippen LogP contribution in [0, 0.1) is 13.8 Å². The summed E-state index contributed by atoms with van der Waals surface area (Å²) in [6.07, 6.45) is 3.39. The van der Waals surface area contributed by atoms with Crippen molar-refractivity contribution in [3.8, 4) is 0 Å². The van der Waals surface area contributed by atoms with Gasteiger partial charge in [-0.2, -0.15) is 5.10 Å². The van der Waals surface area contributed by atoms with Crippen molar-refractivity contribution in [2.75, 3.05) is 0 Å². The van der Waals surface area contributed by atoms with Gasteiger partial charge in [-0.3, -0.25) is 9.48 Å². The molecule has 1 rings (SSSR count). The van der Waals surface area contributed by atoms with Crippen LogP contribution < -0.4 is 0 Å². The molecule has 0 aromatic carbocycles. The van der Waals surface area contributed by atoms with Crippen molar-refractivity contribution in [1.82, 2.24) is 9.78 Å². The lowest BCUT2D eigenvalue weighted by atomic mass is 10.2. The summed E-state index contributed by atoms with van der Waals surface area (Å²) < 4.78 is 1.81. The molecule has 70 valence electrons. The first-order chi connectivity index (χ1) is 6.02. The highest BCUT2D eigenvalue weighted by Crippen LogP contribution is 2.13. The highest BCUT2D eigenvalue weighted by Gasteiger charge is 2.05. The van der Waals surface area contributed by atoms with E-state index in [1.165, 1.54) is 6.92 Å². The van der Waals surface area contributed by atoms with Gasteiger partial charge in [0.1, 0.15) is 0 Å². The van der Waals surface area contributed by atoms with Gasteiger partial charge in [-0.1, -0.05) is 0 Å². The maximum Gasteiger partial charge on any atom is 0.152 e. The Bertz CT molecular complexity index is 361. The van der Waals surface area contributed by atoms with Crippen LogP contribution in [-0.4, -0.2) is 15.6 Å². The van der Waals surface area contributed by atoms with Gasteiger partial charge >= 0.3 is 0 Å². The van der Waals surface area contributed by atoms with Gasteiger partial charge in [-0.25, -0.2) is 0 Å². The summed E-state index contributed by atoms with van der Waals surface area (Å²) in [5.74, 6) is 0.0580. The van der Waals surface area contributed by atoms with Crippen LogP contribution in [0.2, 0.25) is 0 Å². The second kappa shape index (κ2) is 3.56. The van der Waals surface area contributed by atoms with Crippen LogP contribution in [0.5, 0.6) is 0 Å². The predicted molar refractivity (Wildman–Crippen MR) is 52.4 cm³/mol. The standard InChI is InChI=1S/C10H14N2O/c1-7(13)5-6-10-8(2)11-12(4)9(10)3/h5-6H,1-4H3/b6-5+. The summed E-state index contributed by atoms with van der Waals surface area (Å²) in [7, 11) is 1.90. The molecule has 3 nitrogen and oxygen atoms in total. The molecule has 1 heterocycles. The van der Waals surface area contributed by atoms with Crippen molar-refractivity contribution >= 4 is 11.9 Å². The van der Waals surface area contributed by atoms with Gasteiger partial charge in [0.15, 0.2) is 5.78 Å². The van der Waals surface area contributed by atoms with Gasteiger partial charge in [-0.05, 0) is 32.9 Å². The Balaban J connectivity index is 3.07. The van der Waals surface area contributed by atoms with Crippen molar-refractivity contribution < 1.29 is 4.79 Å². The largest absolute Gasteiger partial charge is 0.295 e. The van der Waals surface area contributed by atoms with Gasteiger partial charge < -0.3 is 0 Å². The number of allylic oxidation sites excluding steroid dienone is 1. The number of nitrogens with zero attached hydrogens (tertiary/aromatic N) is 2. The quantitative estimate of drug-likeness (QED) is 0.645. The van der Waals surface area contributed by atoms with Gasteiger partial charge in [0.05, 0.1) is 5.69 Å². The van der Waals surface area contributed by atoms with Crippen LogP contribution in [0.25, 0.3) is 6.08 Å². The fourth-order valence-electron chi connectivity index (χ4n) is 1.23. The second-order valence-corrected chi connectivity index (χ2v) is 3.15. The van der Waals surface area contributed by atoms with E-state index in [0.717, 1.165) is 17.0 Å². The van der Waals surface area contributed by atoms with Crippen LogP contribution in [0.15, 0.2) is 6.08 Å². The first-order valence-corrected chi connectivity index (χ1v) is 4.21. The Hall–Kier alpha value is -1.38. The second-order valence-electron chi connectivity index (χ2n) is 3.15.